The van der Waals surface area contributed by atoms with Crippen LogP contribution in [-0.2, 0) is 0 Å². The zero-order valence-electron chi connectivity index (χ0n) is 8.33. The number of hydrogen-bond acceptors (Lipinski definition) is 3. The zero-order valence-corrected chi connectivity index (χ0v) is 8.33. The van der Waals surface area contributed by atoms with Crippen molar-refractivity contribution in [1.82, 2.24) is 4.90 Å². The van der Waals surface area contributed by atoms with Crippen LogP contribution in [0.25, 0.3) is 0 Å². The number of likely N-dealkylation sites (tertiary alicyclic amines) is 1. The second-order valence-electron chi connectivity index (χ2n) is 4.99. The number of nitrogens with two attached hydrogens (primary N) is 1. The Morgan fingerprint density at radius 3 is 2.54 bits per heavy atom. The Hall–Kier alpha value is -0.590. The van der Waals surface area contributed by atoms with Gasteiger partial charge in [0.25, 0.3) is 0 Å². The lowest BCUT2D eigenvalue weighted by molar-refractivity contribution is 0.255. The van der Waals surface area contributed by atoms with Crippen molar-refractivity contribution in [1.29, 1.82) is 5.26 Å². The average Bonchev–Trinajstić information content (AvgIpc) is 2.54. The molecule has 0 aromatic heterocycles. The van der Waals surface area contributed by atoms with Gasteiger partial charge in [-0.1, -0.05) is 13.8 Å². The fraction of sp³-hybridized carbons (Fsp3) is 0.900. The van der Waals surface area contributed by atoms with Crippen molar-refractivity contribution in [3.63, 3.8) is 0 Å². The molecule has 1 aliphatic heterocycles. The third kappa shape index (κ3) is 1.34. The van der Waals surface area contributed by atoms with Gasteiger partial charge in [-0.3, -0.25) is 0 Å². The van der Waals surface area contributed by atoms with Gasteiger partial charge in [-0.2, -0.15) is 5.26 Å². The summed E-state index contributed by atoms with van der Waals surface area (Å²) in [5.74, 6) is 1.72. The molecule has 2 N–H and O–H groups in total. The van der Waals surface area contributed by atoms with E-state index in [-0.39, 0.29) is 6.04 Å². The molecule has 0 aromatic rings. The Morgan fingerprint density at radius 1 is 1.54 bits per heavy atom. The summed E-state index contributed by atoms with van der Waals surface area (Å²) in [6.07, 6.45) is 0. The van der Waals surface area contributed by atoms with Gasteiger partial charge in [-0.05, 0) is 17.3 Å². The van der Waals surface area contributed by atoms with Gasteiger partial charge in [0.05, 0.1) is 6.07 Å². The summed E-state index contributed by atoms with van der Waals surface area (Å²) in [7, 11) is 0. The van der Waals surface area contributed by atoms with Gasteiger partial charge in [0.2, 0.25) is 0 Å². The highest BCUT2D eigenvalue weighted by Gasteiger charge is 2.61. The molecule has 1 saturated heterocycles. The van der Waals surface area contributed by atoms with Gasteiger partial charge < -0.3 is 10.6 Å². The molecule has 13 heavy (non-hydrogen) atoms. The van der Waals surface area contributed by atoms with Gasteiger partial charge in [-0.25, -0.2) is 0 Å². The molecule has 3 heteroatoms. The maximum absolute atomic E-state index is 8.57. The predicted molar refractivity (Wildman–Crippen MR) is 50.8 cm³/mol. The van der Waals surface area contributed by atoms with Crippen LogP contribution >= 0.6 is 0 Å². The Kier molecular flexibility index (Phi) is 1.86. The van der Waals surface area contributed by atoms with Crippen LogP contribution in [0.1, 0.15) is 13.8 Å². The van der Waals surface area contributed by atoms with Crippen LogP contribution in [0.2, 0.25) is 0 Å². The molecule has 3 atom stereocenters. The molecule has 1 aliphatic carbocycles. The first-order chi connectivity index (χ1) is 6.05. The topological polar surface area (TPSA) is 53.0 Å². The molecule has 1 saturated carbocycles. The summed E-state index contributed by atoms with van der Waals surface area (Å²) in [4.78, 5) is 2.33. The zero-order chi connectivity index (χ0) is 9.64. The average molecular weight is 179 g/mol. The van der Waals surface area contributed by atoms with Gasteiger partial charge in [0.15, 0.2) is 0 Å². The fourth-order valence-electron chi connectivity index (χ4n) is 2.68. The summed E-state index contributed by atoms with van der Waals surface area (Å²) in [6.45, 7) is 7.72. The molecular weight excluding hydrogens is 162 g/mol. The summed E-state index contributed by atoms with van der Waals surface area (Å²) in [5, 5.41) is 8.57. The van der Waals surface area contributed by atoms with E-state index in [1.807, 2.05) is 0 Å². The smallest absolute Gasteiger partial charge is 0.106 e. The van der Waals surface area contributed by atoms with Crippen molar-refractivity contribution >= 4 is 0 Å². The van der Waals surface area contributed by atoms with Crippen LogP contribution in [0.4, 0.5) is 0 Å². The van der Waals surface area contributed by atoms with Crippen molar-refractivity contribution in [3.05, 3.63) is 0 Å². The molecule has 0 amide bonds. The molecule has 2 aliphatic rings. The van der Waals surface area contributed by atoms with Gasteiger partial charge in [-0.15, -0.1) is 0 Å². The van der Waals surface area contributed by atoms with E-state index < -0.39 is 0 Å². The molecule has 1 heterocycles. The van der Waals surface area contributed by atoms with Crippen molar-refractivity contribution in [2.24, 2.45) is 23.0 Å². The first-order valence-corrected chi connectivity index (χ1v) is 4.93. The lowest BCUT2D eigenvalue weighted by Crippen LogP contribution is -2.37. The molecule has 2 rings (SSSR count). The van der Waals surface area contributed by atoms with Crippen molar-refractivity contribution < 1.29 is 0 Å². The maximum atomic E-state index is 8.57. The summed E-state index contributed by atoms with van der Waals surface area (Å²) in [5.41, 5.74) is 6.14. The van der Waals surface area contributed by atoms with E-state index in [0.717, 1.165) is 31.5 Å². The van der Waals surface area contributed by atoms with Crippen LogP contribution < -0.4 is 5.73 Å². The summed E-state index contributed by atoms with van der Waals surface area (Å²) >= 11 is 0. The molecular formula is C10H17N3. The van der Waals surface area contributed by atoms with E-state index in [1.165, 1.54) is 0 Å². The minimum atomic E-state index is -0.305. The Labute approximate surface area is 79.5 Å². The SMILES string of the molecule is CC1(C)C2CN(CC(N)C#N)CC21. The summed E-state index contributed by atoms with van der Waals surface area (Å²) < 4.78 is 0. The highest BCUT2D eigenvalue weighted by molar-refractivity contribution is 5.12. The first-order valence-electron chi connectivity index (χ1n) is 4.93. The Bertz CT molecular complexity index is 239. The van der Waals surface area contributed by atoms with Crippen molar-refractivity contribution in [2.75, 3.05) is 19.6 Å². The van der Waals surface area contributed by atoms with Crippen LogP contribution in [0, 0.1) is 28.6 Å². The molecule has 0 spiro atoms. The molecule has 0 radical (unpaired) electrons. The molecule has 2 fully saturated rings. The quantitative estimate of drug-likeness (QED) is 0.668. The van der Waals surface area contributed by atoms with E-state index >= 15 is 0 Å². The number of nitrogens with zero attached hydrogens (tertiary/aromatic N) is 2. The molecule has 72 valence electrons. The lowest BCUT2D eigenvalue weighted by Gasteiger charge is -2.22. The van der Waals surface area contributed by atoms with Crippen LogP contribution in [0.5, 0.6) is 0 Å². The number of rotatable bonds is 2. The standard InChI is InChI=1S/C10H17N3/c1-10(2)8-5-13(6-9(8)10)4-7(12)3-11/h7-9H,4-6,12H2,1-2H3. The third-order valence-corrected chi connectivity index (χ3v) is 3.82. The molecule has 0 aromatic carbocycles. The molecule has 3 nitrogen and oxygen atoms in total. The van der Waals surface area contributed by atoms with Crippen LogP contribution in [0.15, 0.2) is 0 Å². The molecule has 0 bridgehead atoms. The third-order valence-electron chi connectivity index (χ3n) is 3.82. The van der Waals surface area contributed by atoms with Crippen LogP contribution in [0.3, 0.4) is 0 Å². The maximum Gasteiger partial charge on any atom is 0.106 e. The monoisotopic (exact) mass is 179 g/mol. The number of piperidine rings is 1. The highest BCUT2D eigenvalue weighted by atomic mass is 15.2. The van der Waals surface area contributed by atoms with Gasteiger partial charge in [0.1, 0.15) is 6.04 Å². The largest absolute Gasteiger partial charge is 0.315 e. The van der Waals surface area contributed by atoms with E-state index in [2.05, 4.69) is 24.8 Å². The van der Waals surface area contributed by atoms with Gasteiger partial charge in [0, 0.05) is 19.6 Å². The first kappa shape index (κ1) is 8.98. The second kappa shape index (κ2) is 2.70. The second-order valence-corrected chi connectivity index (χ2v) is 4.99. The Morgan fingerprint density at radius 2 is 2.08 bits per heavy atom. The Balaban J connectivity index is 1.82. The normalized spacial score (nSPS) is 38.0. The minimum Gasteiger partial charge on any atom is -0.315 e. The van der Waals surface area contributed by atoms with Crippen molar-refractivity contribution in [3.8, 4) is 6.07 Å². The van der Waals surface area contributed by atoms with Crippen LogP contribution in [-0.4, -0.2) is 30.6 Å². The summed E-state index contributed by atoms with van der Waals surface area (Å²) in [6, 6.07) is 1.77. The predicted octanol–water partition coefficient (Wildman–Crippen LogP) is 0.425. The number of nitriles is 1. The highest BCUT2D eigenvalue weighted by Crippen LogP contribution is 2.61. The van der Waals surface area contributed by atoms with Gasteiger partial charge >= 0.3 is 0 Å². The number of fused-ring (bicyclic) bond motifs is 1. The van der Waals surface area contributed by atoms with E-state index in [0.29, 0.717) is 5.41 Å². The van der Waals surface area contributed by atoms with E-state index in [9.17, 15) is 0 Å². The number of hydrogen-bond donors (Lipinski definition) is 1. The van der Waals surface area contributed by atoms with E-state index in [1.54, 1.807) is 0 Å². The lowest BCUT2D eigenvalue weighted by atomic mass is 10.1. The molecule has 3 unspecified atom stereocenters. The fourth-order valence-corrected chi connectivity index (χ4v) is 2.68. The van der Waals surface area contributed by atoms with Crippen molar-refractivity contribution in [2.45, 2.75) is 19.9 Å². The minimum absolute atomic E-state index is 0.305. The van der Waals surface area contributed by atoms with E-state index in [4.69, 9.17) is 11.0 Å².